The number of anilines is 2. The highest BCUT2D eigenvalue weighted by atomic mass is 79.9. The average molecular weight is 351 g/mol. The number of amides is 1. The SMILES string of the molecule is COc1ccc(Br)cc1NC(=O)COc1ccc(N)cc1. The Balaban J connectivity index is 1.95. The zero-order valence-electron chi connectivity index (χ0n) is 11.4. The van der Waals surface area contributed by atoms with Crippen LogP contribution in [0.5, 0.6) is 11.5 Å². The Hall–Kier alpha value is -2.21. The summed E-state index contributed by atoms with van der Waals surface area (Å²) in [6.45, 7) is -0.0976. The van der Waals surface area contributed by atoms with Gasteiger partial charge < -0.3 is 20.5 Å². The van der Waals surface area contributed by atoms with Crippen molar-refractivity contribution >= 4 is 33.2 Å². The van der Waals surface area contributed by atoms with E-state index in [2.05, 4.69) is 21.2 Å². The number of nitrogens with one attached hydrogen (secondary N) is 1. The van der Waals surface area contributed by atoms with Crippen molar-refractivity contribution in [1.29, 1.82) is 0 Å². The van der Waals surface area contributed by atoms with Crippen LogP contribution in [0.15, 0.2) is 46.9 Å². The van der Waals surface area contributed by atoms with E-state index in [0.29, 0.717) is 22.9 Å². The average Bonchev–Trinajstić information content (AvgIpc) is 2.47. The number of methoxy groups -OCH3 is 1. The van der Waals surface area contributed by atoms with Gasteiger partial charge in [-0.3, -0.25) is 4.79 Å². The van der Waals surface area contributed by atoms with Crippen LogP contribution in [0.25, 0.3) is 0 Å². The normalized spacial score (nSPS) is 10.0. The summed E-state index contributed by atoms with van der Waals surface area (Å²) in [5.41, 5.74) is 6.80. The quantitative estimate of drug-likeness (QED) is 0.812. The number of carbonyl (C=O) groups is 1. The van der Waals surface area contributed by atoms with Crippen LogP contribution in [0.3, 0.4) is 0 Å². The molecule has 1 amide bonds. The summed E-state index contributed by atoms with van der Waals surface area (Å²) < 4.78 is 11.4. The standard InChI is InChI=1S/C15H15BrN2O3/c1-20-14-7-2-10(16)8-13(14)18-15(19)9-21-12-5-3-11(17)4-6-12/h2-8H,9,17H2,1H3,(H,18,19). The Morgan fingerprint density at radius 2 is 1.95 bits per heavy atom. The third-order valence-corrected chi connectivity index (χ3v) is 3.18. The van der Waals surface area contributed by atoms with Gasteiger partial charge in [-0.05, 0) is 42.5 Å². The van der Waals surface area contributed by atoms with Crippen molar-refractivity contribution in [3.8, 4) is 11.5 Å². The molecule has 2 rings (SSSR count). The summed E-state index contributed by atoms with van der Waals surface area (Å²) >= 11 is 3.35. The molecule has 0 aliphatic rings. The minimum absolute atomic E-state index is 0.0976. The van der Waals surface area contributed by atoms with E-state index in [0.717, 1.165) is 4.47 Å². The first kappa shape index (κ1) is 15.2. The third-order valence-electron chi connectivity index (χ3n) is 2.69. The molecule has 2 aromatic carbocycles. The fraction of sp³-hybridized carbons (Fsp3) is 0.133. The molecule has 5 nitrogen and oxygen atoms in total. The molecule has 0 saturated heterocycles. The van der Waals surface area contributed by atoms with Crippen LogP contribution in [0.2, 0.25) is 0 Å². The zero-order chi connectivity index (χ0) is 15.2. The predicted molar refractivity (Wildman–Crippen MR) is 85.7 cm³/mol. The van der Waals surface area contributed by atoms with E-state index in [9.17, 15) is 4.79 Å². The smallest absolute Gasteiger partial charge is 0.262 e. The maximum atomic E-state index is 11.9. The van der Waals surface area contributed by atoms with Crippen molar-refractivity contribution in [1.82, 2.24) is 0 Å². The van der Waals surface area contributed by atoms with Gasteiger partial charge in [0.15, 0.2) is 6.61 Å². The number of ether oxygens (including phenoxy) is 2. The van der Waals surface area contributed by atoms with E-state index in [4.69, 9.17) is 15.2 Å². The highest BCUT2D eigenvalue weighted by Gasteiger charge is 2.09. The summed E-state index contributed by atoms with van der Waals surface area (Å²) in [7, 11) is 1.55. The molecule has 2 aromatic rings. The molecule has 0 aliphatic carbocycles. The molecule has 0 saturated carbocycles. The Kier molecular flexibility index (Phi) is 5.05. The fourth-order valence-electron chi connectivity index (χ4n) is 1.68. The number of hydrogen-bond donors (Lipinski definition) is 2. The van der Waals surface area contributed by atoms with E-state index in [-0.39, 0.29) is 12.5 Å². The zero-order valence-corrected chi connectivity index (χ0v) is 13.0. The van der Waals surface area contributed by atoms with Crippen LogP contribution >= 0.6 is 15.9 Å². The molecule has 0 spiro atoms. The predicted octanol–water partition coefficient (Wildman–Crippen LogP) is 3.06. The van der Waals surface area contributed by atoms with Gasteiger partial charge >= 0.3 is 0 Å². The molecule has 0 atom stereocenters. The fourth-order valence-corrected chi connectivity index (χ4v) is 2.04. The van der Waals surface area contributed by atoms with Gasteiger partial charge in [0.05, 0.1) is 12.8 Å². The molecule has 0 aromatic heterocycles. The lowest BCUT2D eigenvalue weighted by Crippen LogP contribution is -2.20. The first-order valence-corrected chi connectivity index (χ1v) is 6.99. The van der Waals surface area contributed by atoms with E-state index in [1.807, 2.05) is 6.07 Å². The Morgan fingerprint density at radius 3 is 2.62 bits per heavy atom. The molecule has 0 heterocycles. The second kappa shape index (κ2) is 6.99. The number of carbonyl (C=O) groups excluding carboxylic acids is 1. The van der Waals surface area contributed by atoms with Crippen molar-refractivity contribution in [2.75, 3.05) is 24.8 Å². The van der Waals surface area contributed by atoms with Crippen LogP contribution in [-0.4, -0.2) is 19.6 Å². The second-order valence-electron chi connectivity index (χ2n) is 4.25. The molecule has 0 aliphatic heterocycles. The summed E-state index contributed by atoms with van der Waals surface area (Å²) in [5, 5.41) is 2.74. The van der Waals surface area contributed by atoms with E-state index in [1.165, 1.54) is 0 Å². The lowest BCUT2D eigenvalue weighted by atomic mass is 10.3. The molecular weight excluding hydrogens is 336 g/mol. The molecule has 21 heavy (non-hydrogen) atoms. The van der Waals surface area contributed by atoms with Crippen LogP contribution in [0, 0.1) is 0 Å². The molecule has 0 radical (unpaired) electrons. The van der Waals surface area contributed by atoms with Crippen molar-refractivity contribution in [2.24, 2.45) is 0 Å². The van der Waals surface area contributed by atoms with Gasteiger partial charge in [0.2, 0.25) is 0 Å². The minimum Gasteiger partial charge on any atom is -0.495 e. The van der Waals surface area contributed by atoms with E-state index >= 15 is 0 Å². The Morgan fingerprint density at radius 1 is 1.24 bits per heavy atom. The first-order valence-electron chi connectivity index (χ1n) is 6.20. The van der Waals surface area contributed by atoms with Gasteiger partial charge in [-0.2, -0.15) is 0 Å². The van der Waals surface area contributed by atoms with Crippen LogP contribution in [0.4, 0.5) is 11.4 Å². The maximum absolute atomic E-state index is 11.9. The molecule has 3 N–H and O–H groups in total. The van der Waals surface area contributed by atoms with Gasteiger partial charge in [-0.25, -0.2) is 0 Å². The van der Waals surface area contributed by atoms with Crippen LogP contribution in [0.1, 0.15) is 0 Å². The summed E-state index contributed by atoms with van der Waals surface area (Å²) in [4.78, 5) is 11.9. The third kappa shape index (κ3) is 4.39. The van der Waals surface area contributed by atoms with Crippen molar-refractivity contribution in [3.63, 3.8) is 0 Å². The lowest BCUT2D eigenvalue weighted by Gasteiger charge is -2.11. The van der Waals surface area contributed by atoms with Crippen molar-refractivity contribution < 1.29 is 14.3 Å². The molecule has 6 heteroatoms. The van der Waals surface area contributed by atoms with Gasteiger partial charge in [-0.1, -0.05) is 15.9 Å². The van der Waals surface area contributed by atoms with Crippen LogP contribution < -0.4 is 20.5 Å². The number of benzene rings is 2. The van der Waals surface area contributed by atoms with Crippen molar-refractivity contribution in [3.05, 3.63) is 46.9 Å². The Bertz CT molecular complexity index is 629. The maximum Gasteiger partial charge on any atom is 0.262 e. The molecular formula is C15H15BrN2O3. The molecule has 0 bridgehead atoms. The number of nitrogens with two attached hydrogens (primary N) is 1. The summed E-state index contributed by atoms with van der Waals surface area (Å²) in [6.07, 6.45) is 0. The largest absolute Gasteiger partial charge is 0.495 e. The number of rotatable bonds is 5. The first-order chi connectivity index (χ1) is 10.1. The van der Waals surface area contributed by atoms with Gasteiger partial charge in [0.25, 0.3) is 5.91 Å². The van der Waals surface area contributed by atoms with Crippen LogP contribution in [-0.2, 0) is 4.79 Å². The number of hydrogen-bond acceptors (Lipinski definition) is 4. The molecule has 0 fully saturated rings. The summed E-state index contributed by atoms with van der Waals surface area (Å²) in [5.74, 6) is 0.891. The van der Waals surface area contributed by atoms with Crippen molar-refractivity contribution in [2.45, 2.75) is 0 Å². The number of halogens is 1. The molecule has 110 valence electrons. The van der Waals surface area contributed by atoms with Gasteiger partial charge in [0.1, 0.15) is 11.5 Å². The summed E-state index contributed by atoms with van der Waals surface area (Å²) in [6, 6.07) is 12.2. The van der Waals surface area contributed by atoms with Gasteiger partial charge in [-0.15, -0.1) is 0 Å². The highest BCUT2D eigenvalue weighted by Crippen LogP contribution is 2.27. The molecule has 0 unspecified atom stereocenters. The Labute approximate surface area is 131 Å². The van der Waals surface area contributed by atoms with E-state index < -0.39 is 0 Å². The lowest BCUT2D eigenvalue weighted by molar-refractivity contribution is -0.118. The van der Waals surface area contributed by atoms with E-state index in [1.54, 1.807) is 43.5 Å². The highest BCUT2D eigenvalue weighted by molar-refractivity contribution is 9.10. The number of nitrogen functional groups attached to an aromatic ring is 1. The van der Waals surface area contributed by atoms with Gasteiger partial charge in [0, 0.05) is 10.2 Å². The second-order valence-corrected chi connectivity index (χ2v) is 5.17. The topological polar surface area (TPSA) is 73.6 Å². The minimum atomic E-state index is -0.275. The monoisotopic (exact) mass is 350 g/mol.